The predicted molar refractivity (Wildman–Crippen MR) is 111 cm³/mol. The van der Waals surface area contributed by atoms with Crippen LogP contribution in [0.4, 0.5) is 11.6 Å². The lowest BCUT2D eigenvalue weighted by Gasteiger charge is -2.16. The Balaban J connectivity index is 1.70. The van der Waals surface area contributed by atoms with E-state index < -0.39 is 0 Å². The van der Waals surface area contributed by atoms with Crippen molar-refractivity contribution >= 4 is 11.6 Å². The molecular formula is C21H25N5O2. The van der Waals surface area contributed by atoms with E-state index in [1.54, 1.807) is 19.6 Å². The number of aromatic nitrogens is 3. The summed E-state index contributed by atoms with van der Waals surface area (Å²) in [6.07, 6.45) is 3.26. The SMILES string of the molecule is COc1ccccc1[C@H](C)CNc1cc(-c2ccnc(NCCO)c2)ncn1. The number of benzene rings is 1. The standard InChI is InChI=1S/C21H25N5O2/c1-15(17-5-3-4-6-19(17)28-2)13-24-21-12-18(25-14-26-21)16-7-8-22-20(11-16)23-9-10-27/h3-8,11-12,14-15,27H,9-10,13H2,1-2H3,(H,22,23)(H,24,25,26)/t15-/m1/s1. The van der Waals surface area contributed by atoms with Gasteiger partial charge in [0, 0.05) is 36.8 Å². The highest BCUT2D eigenvalue weighted by Crippen LogP contribution is 2.26. The lowest BCUT2D eigenvalue weighted by atomic mass is 10.00. The monoisotopic (exact) mass is 379 g/mol. The Morgan fingerprint density at radius 1 is 1.04 bits per heavy atom. The van der Waals surface area contributed by atoms with E-state index in [9.17, 15) is 0 Å². The maximum atomic E-state index is 8.94. The van der Waals surface area contributed by atoms with Crippen LogP contribution in [0.2, 0.25) is 0 Å². The molecule has 3 N–H and O–H groups in total. The maximum absolute atomic E-state index is 8.94. The molecule has 0 amide bonds. The third-order valence-electron chi connectivity index (χ3n) is 4.40. The third kappa shape index (κ3) is 4.95. The van der Waals surface area contributed by atoms with Gasteiger partial charge in [-0.1, -0.05) is 25.1 Å². The molecule has 2 aromatic heterocycles. The first-order valence-electron chi connectivity index (χ1n) is 9.21. The molecule has 1 aromatic carbocycles. The summed E-state index contributed by atoms with van der Waals surface area (Å²) in [5.41, 5.74) is 2.89. The Labute approximate surface area is 164 Å². The van der Waals surface area contributed by atoms with Crippen molar-refractivity contribution < 1.29 is 9.84 Å². The first kappa shape index (κ1) is 19.6. The molecule has 0 bridgehead atoms. The Kier molecular flexibility index (Phi) is 6.75. The van der Waals surface area contributed by atoms with Crippen LogP contribution >= 0.6 is 0 Å². The zero-order valence-corrected chi connectivity index (χ0v) is 16.1. The van der Waals surface area contributed by atoms with Gasteiger partial charge in [-0.15, -0.1) is 0 Å². The third-order valence-corrected chi connectivity index (χ3v) is 4.40. The van der Waals surface area contributed by atoms with Crippen molar-refractivity contribution in [3.63, 3.8) is 0 Å². The molecule has 28 heavy (non-hydrogen) atoms. The molecule has 0 aliphatic rings. The van der Waals surface area contributed by atoms with Gasteiger partial charge < -0.3 is 20.5 Å². The van der Waals surface area contributed by atoms with Crippen molar-refractivity contribution in [2.75, 3.05) is 37.4 Å². The van der Waals surface area contributed by atoms with Gasteiger partial charge in [0.25, 0.3) is 0 Å². The molecule has 7 heteroatoms. The number of aliphatic hydroxyl groups excluding tert-OH is 1. The summed E-state index contributed by atoms with van der Waals surface area (Å²) >= 11 is 0. The number of hydrogen-bond acceptors (Lipinski definition) is 7. The van der Waals surface area contributed by atoms with Crippen LogP contribution in [0.25, 0.3) is 11.3 Å². The summed E-state index contributed by atoms with van der Waals surface area (Å²) in [5, 5.41) is 15.4. The molecule has 3 aromatic rings. The summed E-state index contributed by atoms with van der Waals surface area (Å²) in [4.78, 5) is 12.9. The number of methoxy groups -OCH3 is 1. The highest BCUT2D eigenvalue weighted by atomic mass is 16.5. The molecule has 0 spiro atoms. The Hall–Kier alpha value is -3.19. The van der Waals surface area contributed by atoms with Gasteiger partial charge in [-0.3, -0.25) is 0 Å². The fourth-order valence-electron chi connectivity index (χ4n) is 2.92. The number of nitrogens with zero attached hydrogens (tertiary/aromatic N) is 3. The molecule has 0 aliphatic heterocycles. The number of nitrogens with one attached hydrogen (secondary N) is 2. The Morgan fingerprint density at radius 3 is 2.68 bits per heavy atom. The number of para-hydroxylation sites is 1. The summed E-state index contributed by atoms with van der Waals surface area (Å²) in [7, 11) is 1.69. The van der Waals surface area contributed by atoms with Crippen LogP contribution in [-0.4, -0.2) is 46.9 Å². The highest BCUT2D eigenvalue weighted by Gasteiger charge is 2.11. The molecule has 0 saturated heterocycles. The largest absolute Gasteiger partial charge is 0.496 e. The second-order valence-corrected chi connectivity index (χ2v) is 6.39. The van der Waals surface area contributed by atoms with Crippen molar-refractivity contribution in [3.05, 3.63) is 60.6 Å². The van der Waals surface area contributed by atoms with Crippen molar-refractivity contribution in [2.24, 2.45) is 0 Å². The van der Waals surface area contributed by atoms with Crippen LogP contribution in [0.5, 0.6) is 5.75 Å². The molecule has 0 aliphatic carbocycles. The summed E-state index contributed by atoms with van der Waals surface area (Å²) < 4.78 is 5.45. The van der Waals surface area contributed by atoms with Gasteiger partial charge in [0.15, 0.2) is 0 Å². The van der Waals surface area contributed by atoms with Gasteiger partial charge in [0.2, 0.25) is 0 Å². The molecule has 146 valence electrons. The molecule has 0 radical (unpaired) electrons. The zero-order valence-electron chi connectivity index (χ0n) is 16.1. The van der Waals surface area contributed by atoms with E-state index in [2.05, 4.69) is 38.6 Å². The van der Waals surface area contributed by atoms with Gasteiger partial charge in [-0.2, -0.15) is 0 Å². The minimum absolute atomic E-state index is 0.0534. The van der Waals surface area contributed by atoms with Crippen LogP contribution in [0.15, 0.2) is 55.0 Å². The second kappa shape index (κ2) is 9.66. The normalized spacial score (nSPS) is 11.7. The molecule has 0 fully saturated rings. The minimum Gasteiger partial charge on any atom is -0.496 e. The van der Waals surface area contributed by atoms with E-state index in [0.29, 0.717) is 12.4 Å². The van der Waals surface area contributed by atoms with Crippen LogP contribution in [0.1, 0.15) is 18.4 Å². The van der Waals surface area contributed by atoms with E-state index in [4.69, 9.17) is 9.84 Å². The number of pyridine rings is 1. The minimum atomic E-state index is 0.0534. The van der Waals surface area contributed by atoms with Crippen molar-refractivity contribution in [1.29, 1.82) is 0 Å². The number of aliphatic hydroxyl groups is 1. The molecule has 7 nitrogen and oxygen atoms in total. The van der Waals surface area contributed by atoms with E-state index >= 15 is 0 Å². The fourth-order valence-corrected chi connectivity index (χ4v) is 2.92. The average molecular weight is 379 g/mol. The smallest absolute Gasteiger partial charge is 0.129 e. The van der Waals surface area contributed by atoms with Gasteiger partial charge in [-0.25, -0.2) is 15.0 Å². The first-order valence-corrected chi connectivity index (χ1v) is 9.21. The molecule has 1 atom stereocenters. The van der Waals surface area contributed by atoms with Crippen LogP contribution in [0, 0.1) is 0 Å². The topological polar surface area (TPSA) is 92.2 Å². The van der Waals surface area contributed by atoms with Crippen molar-refractivity contribution in [1.82, 2.24) is 15.0 Å². The number of rotatable bonds is 9. The summed E-state index contributed by atoms with van der Waals surface area (Å²) in [5.74, 6) is 2.60. The van der Waals surface area contributed by atoms with E-state index in [-0.39, 0.29) is 12.5 Å². The van der Waals surface area contributed by atoms with Gasteiger partial charge >= 0.3 is 0 Å². The van der Waals surface area contributed by atoms with E-state index in [1.807, 2.05) is 36.4 Å². The van der Waals surface area contributed by atoms with E-state index in [0.717, 1.165) is 34.9 Å². The fraction of sp³-hybridized carbons (Fsp3) is 0.286. The molecule has 3 rings (SSSR count). The quantitative estimate of drug-likeness (QED) is 0.526. The van der Waals surface area contributed by atoms with Gasteiger partial charge in [-0.05, 0) is 23.8 Å². The lowest BCUT2D eigenvalue weighted by molar-refractivity contribution is 0.311. The van der Waals surface area contributed by atoms with Crippen LogP contribution in [-0.2, 0) is 0 Å². The summed E-state index contributed by atoms with van der Waals surface area (Å²) in [6.45, 7) is 3.37. The van der Waals surface area contributed by atoms with Crippen molar-refractivity contribution in [2.45, 2.75) is 12.8 Å². The number of hydrogen-bond donors (Lipinski definition) is 3. The van der Waals surface area contributed by atoms with E-state index in [1.165, 1.54) is 0 Å². The zero-order chi connectivity index (χ0) is 19.8. The first-order chi connectivity index (χ1) is 13.7. The number of anilines is 2. The van der Waals surface area contributed by atoms with Crippen LogP contribution < -0.4 is 15.4 Å². The lowest BCUT2D eigenvalue weighted by Crippen LogP contribution is -2.12. The Morgan fingerprint density at radius 2 is 1.86 bits per heavy atom. The van der Waals surface area contributed by atoms with Gasteiger partial charge in [0.1, 0.15) is 23.7 Å². The second-order valence-electron chi connectivity index (χ2n) is 6.39. The van der Waals surface area contributed by atoms with Crippen LogP contribution in [0.3, 0.4) is 0 Å². The average Bonchev–Trinajstić information content (AvgIpc) is 2.76. The summed E-state index contributed by atoms with van der Waals surface area (Å²) in [6, 6.07) is 13.8. The maximum Gasteiger partial charge on any atom is 0.129 e. The number of ether oxygens (including phenoxy) is 1. The molecule has 2 heterocycles. The Bertz CT molecular complexity index is 903. The van der Waals surface area contributed by atoms with Crippen molar-refractivity contribution in [3.8, 4) is 17.0 Å². The molecular weight excluding hydrogens is 354 g/mol. The highest BCUT2D eigenvalue weighted by molar-refractivity contribution is 5.65. The molecule has 0 saturated carbocycles. The predicted octanol–water partition coefficient (Wildman–Crippen LogP) is 3.17. The van der Waals surface area contributed by atoms with Gasteiger partial charge in [0.05, 0.1) is 19.4 Å². The molecule has 0 unspecified atom stereocenters.